The lowest BCUT2D eigenvalue weighted by Gasteiger charge is -2.39. The standard InChI is InChI=1S/C36H51N7O4Si/c1-24-17-30(41-43(24)21-25-12-15-45-16-13-25)40-32-38-14-11-29(39-32)26-18-27(20-37)31-28(19-26)36(8,23-46-48(9,10)35(5,6)7)22-42(31)33(44)47-34(2,3)4/h11,14,17-19,25H,12-13,15-16,21-23H2,1-10H3,(H,38,39,40,41)/t36-/m1/s1. The van der Waals surface area contributed by atoms with Crippen molar-refractivity contribution in [3.63, 3.8) is 0 Å². The van der Waals surface area contributed by atoms with Gasteiger partial charge in [-0.1, -0.05) is 27.7 Å². The Morgan fingerprint density at radius 2 is 1.88 bits per heavy atom. The first-order chi connectivity index (χ1) is 22.4. The number of rotatable bonds is 8. The molecule has 3 aromatic rings. The zero-order chi connectivity index (χ0) is 35.1. The van der Waals surface area contributed by atoms with Gasteiger partial charge in [0.15, 0.2) is 14.1 Å². The normalized spacial score (nSPS) is 18.8. The van der Waals surface area contributed by atoms with Gasteiger partial charge in [-0.15, -0.1) is 0 Å². The van der Waals surface area contributed by atoms with Gasteiger partial charge >= 0.3 is 6.09 Å². The molecule has 1 N–H and O–H groups in total. The predicted molar refractivity (Wildman–Crippen MR) is 190 cm³/mol. The number of carbonyl (C=O) groups is 1. The van der Waals surface area contributed by atoms with Gasteiger partial charge < -0.3 is 19.2 Å². The third-order valence-electron chi connectivity index (χ3n) is 9.77. The summed E-state index contributed by atoms with van der Waals surface area (Å²) < 4.78 is 20.1. The van der Waals surface area contributed by atoms with Gasteiger partial charge in [0.25, 0.3) is 0 Å². The molecular formula is C36H51N7O4Si. The largest absolute Gasteiger partial charge is 0.443 e. The van der Waals surface area contributed by atoms with Crippen LogP contribution in [0.25, 0.3) is 11.3 Å². The van der Waals surface area contributed by atoms with E-state index in [1.165, 1.54) is 0 Å². The van der Waals surface area contributed by atoms with Crippen molar-refractivity contribution in [3.05, 3.63) is 47.3 Å². The molecule has 1 atom stereocenters. The van der Waals surface area contributed by atoms with Crippen LogP contribution in [0.15, 0.2) is 30.5 Å². The molecule has 2 aromatic heterocycles. The van der Waals surface area contributed by atoms with Crippen molar-refractivity contribution in [2.24, 2.45) is 5.92 Å². The maximum Gasteiger partial charge on any atom is 0.414 e. The summed E-state index contributed by atoms with van der Waals surface area (Å²) in [6.45, 7) is 23.9. The summed E-state index contributed by atoms with van der Waals surface area (Å²) in [6, 6.07) is 10.0. The fraction of sp³-hybridized carbons (Fsp3) is 0.583. The molecule has 0 aliphatic carbocycles. The van der Waals surface area contributed by atoms with Gasteiger partial charge in [-0.3, -0.25) is 9.58 Å². The van der Waals surface area contributed by atoms with Crippen LogP contribution in [0, 0.1) is 24.2 Å². The quantitative estimate of drug-likeness (QED) is 0.239. The Kier molecular flexibility index (Phi) is 9.81. The first-order valence-electron chi connectivity index (χ1n) is 16.8. The molecule has 0 bridgehead atoms. The lowest BCUT2D eigenvalue weighted by molar-refractivity contribution is 0.0574. The van der Waals surface area contributed by atoms with Crippen LogP contribution in [0.4, 0.5) is 22.2 Å². The minimum Gasteiger partial charge on any atom is -0.443 e. The number of nitriles is 1. The average Bonchev–Trinajstić information content (AvgIpc) is 3.50. The SMILES string of the molecule is Cc1cc(Nc2nccc(-c3cc(C#N)c4c(c3)[C@@](C)(CO[Si](C)(C)C(C)(C)C)CN4C(=O)OC(C)(C)C)n2)nn1CC1CCOCC1. The number of benzene rings is 1. The van der Waals surface area contributed by atoms with Crippen LogP contribution in [-0.4, -0.2) is 66.1 Å². The highest BCUT2D eigenvalue weighted by atomic mass is 28.4. The first-order valence-corrected chi connectivity index (χ1v) is 19.8. The molecule has 2 aliphatic heterocycles. The highest BCUT2D eigenvalue weighted by molar-refractivity contribution is 6.74. The molecule has 2 aliphatic rings. The topological polar surface area (TPSA) is 127 Å². The van der Waals surface area contributed by atoms with Gasteiger partial charge in [0, 0.05) is 61.8 Å². The second-order valence-corrected chi connectivity index (χ2v) is 20.8. The number of aryl methyl sites for hydroxylation is 1. The second kappa shape index (κ2) is 13.3. The molecule has 1 fully saturated rings. The van der Waals surface area contributed by atoms with E-state index in [4.69, 9.17) is 24.0 Å². The zero-order valence-corrected chi connectivity index (χ0v) is 31.2. The van der Waals surface area contributed by atoms with Crippen LogP contribution in [0.2, 0.25) is 18.1 Å². The number of hydrogen-bond donors (Lipinski definition) is 1. The van der Waals surface area contributed by atoms with Crippen LogP contribution in [-0.2, 0) is 25.9 Å². The van der Waals surface area contributed by atoms with Gasteiger partial charge in [0.1, 0.15) is 11.7 Å². The maximum absolute atomic E-state index is 13.6. The van der Waals surface area contributed by atoms with E-state index in [0.29, 0.717) is 47.8 Å². The molecule has 1 saturated heterocycles. The van der Waals surface area contributed by atoms with Crippen molar-refractivity contribution in [2.45, 2.75) is 104 Å². The molecule has 12 heteroatoms. The van der Waals surface area contributed by atoms with E-state index in [-0.39, 0.29) is 5.04 Å². The number of amides is 1. The van der Waals surface area contributed by atoms with Crippen molar-refractivity contribution in [3.8, 4) is 17.3 Å². The van der Waals surface area contributed by atoms with Crippen LogP contribution in [0.5, 0.6) is 0 Å². The molecule has 0 spiro atoms. The van der Waals surface area contributed by atoms with E-state index in [9.17, 15) is 10.1 Å². The number of ether oxygens (including phenoxy) is 2. The molecule has 1 amide bonds. The van der Waals surface area contributed by atoms with Gasteiger partial charge in [0.05, 0.1) is 16.9 Å². The molecule has 5 rings (SSSR count). The maximum atomic E-state index is 13.6. The molecule has 48 heavy (non-hydrogen) atoms. The second-order valence-electron chi connectivity index (χ2n) is 16.0. The molecule has 1 aromatic carbocycles. The number of nitrogens with one attached hydrogen (secondary N) is 1. The molecule has 4 heterocycles. The number of hydrogen-bond acceptors (Lipinski definition) is 9. The minimum atomic E-state index is -2.13. The fourth-order valence-corrected chi connectivity index (χ4v) is 7.02. The summed E-state index contributed by atoms with van der Waals surface area (Å²) in [5.41, 5.74) is 2.98. The Morgan fingerprint density at radius 1 is 1.17 bits per heavy atom. The Balaban J connectivity index is 1.48. The number of aromatic nitrogens is 4. The number of nitrogens with zero attached hydrogens (tertiary/aromatic N) is 6. The van der Waals surface area contributed by atoms with Crippen LogP contribution in [0.1, 0.15) is 78.1 Å². The van der Waals surface area contributed by atoms with Gasteiger partial charge in [-0.25, -0.2) is 14.8 Å². The van der Waals surface area contributed by atoms with Crippen molar-refractivity contribution >= 4 is 31.9 Å². The minimum absolute atomic E-state index is 0.0128. The molecular weight excluding hydrogens is 623 g/mol. The van der Waals surface area contributed by atoms with Crippen molar-refractivity contribution in [1.29, 1.82) is 5.26 Å². The Morgan fingerprint density at radius 3 is 2.52 bits per heavy atom. The van der Waals surface area contributed by atoms with Gasteiger partial charge in [-0.05, 0) is 88.3 Å². The molecule has 258 valence electrons. The lowest BCUT2D eigenvalue weighted by Crippen LogP contribution is -2.46. The summed E-state index contributed by atoms with van der Waals surface area (Å²) in [5.74, 6) is 1.62. The monoisotopic (exact) mass is 673 g/mol. The van der Waals surface area contributed by atoms with Crippen molar-refractivity contribution in [1.82, 2.24) is 19.7 Å². The summed E-state index contributed by atoms with van der Waals surface area (Å²) >= 11 is 0. The molecule has 0 unspecified atom stereocenters. The Labute approximate surface area is 286 Å². The van der Waals surface area contributed by atoms with E-state index in [1.807, 2.05) is 43.7 Å². The number of carbonyl (C=O) groups excluding carboxylic acids is 1. The molecule has 0 radical (unpaired) electrons. The third-order valence-corrected chi connectivity index (χ3v) is 14.3. The highest BCUT2D eigenvalue weighted by Crippen LogP contribution is 2.47. The van der Waals surface area contributed by atoms with E-state index in [2.05, 4.69) is 64.1 Å². The van der Waals surface area contributed by atoms with Crippen molar-refractivity contribution in [2.75, 3.05) is 36.6 Å². The van der Waals surface area contributed by atoms with E-state index >= 15 is 0 Å². The van der Waals surface area contributed by atoms with Crippen LogP contribution >= 0.6 is 0 Å². The smallest absolute Gasteiger partial charge is 0.414 e. The summed E-state index contributed by atoms with van der Waals surface area (Å²) in [5, 5.41) is 18.5. The average molecular weight is 674 g/mol. The fourth-order valence-electron chi connectivity index (χ4n) is 5.91. The number of anilines is 3. The third kappa shape index (κ3) is 7.74. The summed E-state index contributed by atoms with van der Waals surface area (Å²) in [7, 11) is -2.13. The van der Waals surface area contributed by atoms with E-state index in [1.54, 1.807) is 17.2 Å². The predicted octanol–water partition coefficient (Wildman–Crippen LogP) is 7.73. The van der Waals surface area contributed by atoms with Crippen LogP contribution < -0.4 is 10.2 Å². The van der Waals surface area contributed by atoms with Gasteiger partial charge in [0.2, 0.25) is 5.95 Å². The van der Waals surface area contributed by atoms with E-state index < -0.39 is 25.4 Å². The Bertz CT molecular complexity index is 1700. The first kappa shape index (κ1) is 35.5. The summed E-state index contributed by atoms with van der Waals surface area (Å²) in [4.78, 5) is 24.5. The van der Waals surface area contributed by atoms with Crippen molar-refractivity contribution < 1.29 is 18.7 Å². The zero-order valence-electron chi connectivity index (χ0n) is 30.2. The number of fused-ring (bicyclic) bond motifs is 1. The lowest BCUT2D eigenvalue weighted by atomic mass is 9.83. The molecule has 11 nitrogen and oxygen atoms in total. The van der Waals surface area contributed by atoms with E-state index in [0.717, 1.165) is 49.4 Å². The van der Waals surface area contributed by atoms with Gasteiger partial charge in [-0.2, -0.15) is 10.4 Å². The molecule has 0 saturated carbocycles. The van der Waals surface area contributed by atoms with Crippen LogP contribution in [0.3, 0.4) is 0 Å². The Hall–Kier alpha value is -3.79. The summed E-state index contributed by atoms with van der Waals surface area (Å²) in [6.07, 6.45) is 3.29. The highest BCUT2D eigenvalue weighted by Gasteiger charge is 2.47.